The number of nitrogens with one attached hydrogen (secondary N) is 1. The zero-order valence-electron chi connectivity index (χ0n) is 49.8. The summed E-state index contributed by atoms with van der Waals surface area (Å²) in [6.07, 6.45) is 80.5. The van der Waals surface area contributed by atoms with Gasteiger partial charge in [-0.05, 0) is 83.5 Å². The van der Waals surface area contributed by atoms with Gasteiger partial charge in [-0.3, -0.25) is 9.59 Å². The largest absolute Gasteiger partial charge is 0.466 e. The van der Waals surface area contributed by atoms with Crippen molar-refractivity contribution in [3.63, 3.8) is 0 Å². The molecule has 0 fully saturated rings. The fraction of sp³-hybridized carbons (Fsp3) is 0.882. The summed E-state index contributed by atoms with van der Waals surface area (Å²) in [5.41, 5.74) is 0. The number of hydrogen-bond donors (Lipinski definition) is 3. The van der Waals surface area contributed by atoms with Crippen molar-refractivity contribution in [1.82, 2.24) is 5.32 Å². The SMILES string of the molecule is CCCCCCCC/C=C\CCCCCCCCCC(=O)OCCCCCC/C=C\CCCCCCCCCC(=O)NC(CO)C(O)/C=C/CCCCCCCCCCCCCCCCCCCCCCCCC. The molecule has 0 spiro atoms. The summed E-state index contributed by atoms with van der Waals surface area (Å²) in [5.74, 6) is -0.0938. The summed E-state index contributed by atoms with van der Waals surface area (Å²) in [5, 5.41) is 23.2. The molecular weight excluding hydrogens is 911 g/mol. The maximum atomic E-state index is 12.5. The highest BCUT2D eigenvalue weighted by Crippen LogP contribution is 2.18. The van der Waals surface area contributed by atoms with E-state index in [0.29, 0.717) is 19.4 Å². The van der Waals surface area contributed by atoms with Gasteiger partial charge in [0.1, 0.15) is 0 Å². The van der Waals surface area contributed by atoms with Gasteiger partial charge >= 0.3 is 5.97 Å². The molecule has 2 unspecified atom stereocenters. The van der Waals surface area contributed by atoms with Crippen molar-refractivity contribution < 1.29 is 24.5 Å². The molecule has 2 atom stereocenters. The lowest BCUT2D eigenvalue weighted by atomic mass is 10.0. The molecule has 0 rings (SSSR count). The molecule has 0 aromatic carbocycles. The number of hydrogen-bond acceptors (Lipinski definition) is 5. The molecule has 74 heavy (non-hydrogen) atoms. The van der Waals surface area contributed by atoms with Crippen molar-refractivity contribution >= 4 is 11.9 Å². The first-order valence-electron chi connectivity index (χ1n) is 33.3. The molecule has 0 radical (unpaired) electrons. The summed E-state index contributed by atoms with van der Waals surface area (Å²) in [6.45, 7) is 4.89. The maximum absolute atomic E-state index is 12.5. The van der Waals surface area contributed by atoms with Crippen LogP contribution in [0, 0.1) is 0 Å². The van der Waals surface area contributed by atoms with Crippen LogP contribution in [-0.2, 0) is 14.3 Å². The zero-order valence-corrected chi connectivity index (χ0v) is 49.8. The van der Waals surface area contributed by atoms with Gasteiger partial charge in [0.2, 0.25) is 5.91 Å². The second kappa shape index (κ2) is 63.6. The van der Waals surface area contributed by atoms with E-state index in [2.05, 4.69) is 43.5 Å². The Hall–Kier alpha value is -1.92. The predicted octanol–water partition coefficient (Wildman–Crippen LogP) is 21.1. The second-order valence-electron chi connectivity index (χ2n) is 22.8. The zero-order chi connectivity index (χ0) is 53.6. The quantitative estimate of drug-likeness (QED) is 0.0320. The van der Waals surface area contributed by atoms with E-state index in [9.17, 15) is 19.8 Å². The second-order valence-corrected chi connectivity index (χ2v) is 22.8. The monoisotopic (exact) mass is 1040 g/mol. The molecule has 0 aliphatic rings. The van der Waals surface area contributed by atoms with Gasteiger partial charge in [-0.15, -0.1) is 0 Å². The van der Waals surface area contributed by atoms with E-state index in [0.717, 1.165) is 70.6 Å². The Bertz CT molecular complexity index is 1200. The molecule has 0 saturated carbocycles. The summed E-state index contributed by atoms with van der Waals surface area (Å²) in [6, 6.07) is -0.641. The molecule has 0 aromatic heterocycles. The van der Waals surface area contributed by atoms with Gasteiger partial charge in [0, 0.05) is 12.8 Å². The van der Waals surface area contributed by atoms with Crippen LogP contribution in [0.15, 0.2) is 36.5 Å². The van der Waals surface area contributed by atoms with Crippen molar-refractivity contribution in [1.29, 1.82) is 0 Å². The third kappa shape index (κ3) is 59.3. The van der Waals surface area contributed by atoms with Gasteiger partial charge in [-0.25, -0.2) is 0 Å². The van der Waals surface area contributed by atoms with Crippen molar-refractivity contribution in [2.24, 2.45) is 0 Å². The van der Waals surface area contributed by atoms with E-state index in [-0.39, 0.29) is 18.5 Å². The number of aliphatic hydroxyl groups is 2. The van der Waals surface area contributed by atoms with Crippen LogP contribution in [0.25, 0.3) is 0 Å². The molecule has 0 aliphatic heterocycles. The van der Waals surface area contributed by atoms with Crippen LogP contribution in [0.5, 0.6) is 0 Å². The number of allylic oxidation sites excluding steroid dienone is 5. The van der Waals surface area contributed by atoms with Crippen molar-refractivity contribution in [3.8, 4) is 0 Å². The topological polar surface area (TPSA) is 95.9 Å². The van der Waals surface area contributed by atoms with Crippen LogP contribution in [0.1, 0.15) is 361 Å². The van der Waals surface area contributed by atoms with E-state index >= 15 is 0 Å². The predicted molar refractivity (Wildman–Crippen MR) is 324 cm³/mol. The standard InChI is InChI=1S/C68H129NO5/c1-3-5-7-9-11-13-15-17-19-21-22-23-24-25-26-27-28-30-32-36-40-44-48-52-56-60-66(71)65(64-70)69-67(72)61-57-53-49-45-41-37-33-31-35-39-43-47-51-55-59-63-74-68(73)62-58-54-50-46-42-38-34-29-20-18-16-14-12-10-8-6-4-2/h18,20,35,39,56,60,65-66,70-71H,3-17,19,21-34,36-38,40-55,57-59,61-64H2,1-2H3,(H,69,72)/b20-18-,39-35-,60-56+. The Morgan fingerprint density at radius 1 is 0.365 bits per heavy atom. The Balaban J connectivity index is 3.49. The van der Waals surface area contributed by atoms with Gasteiger partial charge in [0.05, 0.1) is 25.4 Å². The fourth-order valence-electron chi connectivity index (χ4n) is 10.3. The summed E-state index contributed by atoms with van der Waals surface area (Å²) in [7, 11) is 0. The molecule has 0 bridgehead atoms. The first-order chi connectivity index (χ1) is 36.5. The van der Waals surface area contributed by atoms with Gasteiger partial charge < -0.3 is 20.3 Å². The van der Waals surface area contributed by atoms with Crippen LogP contribution < -0.4 is 5.32 Å². The summed E-state index contributed by atoms with van der Waals surface area (Å²) < 4.78 is 5.48. The van der Waals surface area contributed by atoms with Crippen LogP contribution in [-0.4, -0.2) is 47.4 Å². The van der Waals surface area contributed by atoms with Gasteiger partial charge in [0.15, 0.2) is 0 Å². The van der Waals surface area contributed by atoms with E-state index < -0.39 is 12.1 Å². The highest BCUT2D eigenvalue weighted by Gasteiger charge is 2.18. The molecule has 0 heterocycles. The van der Waals surface area contributed by atoms with Crippen molar-refractivity contribution in [3.05, 3.63) is 36.5 Å². The van der Waals surface area contributed by atoms with Crippen LogP contribution in [0.3, 0.4) is 0 Å². The Morgan fingerprint density at radius 3 is 0.959 bits per heavy atom. The molecule has 6 heteroatoms. The lowest BCUT2D eigenvalue weighted by Crippen LogP contribution is -2.45. The minimum Gasteiger partial charge on any atom is -0.466 e. The highest BCUT2D eigenvalue weighted by atomic mass is 16.5. The number of carbonyl (C=O) groups excluding carboxylic acids is 2. The minimum absolute atomic E-state index is 0.0139. The third-order valence-electron chi connectivity index (χ3n) is 15.4. The molecule has 436 valence electrons. The molecule has 0 aliphatic carbocycles. The average molecular weight is 1040 g/mol. The number of esters is 1. The lowest BCUT2D eigenvalue weighted by molar-refractivity contribution is -0.143. The van der Waals surface area contributed by atoms with E-state index in [4.69, 9.17) is 4.74 Å². The van der Waals surface area contributed by atoms with Crippen LogP contribution in [0.4, 0.5) is 0 Å². The molecule has 0 aromatic rings. The molecular formula is C68H129NO5. The number of ether oxygens (including phenoxy) is 1. The minimum atomic E-state index is -0.857. The van der Waals surface area contributed by atoms with Gasteiger partial charge in [-0.1, -0.05) is 301 Å². The lowest BCUT2D eigenvalue weighted by Gasteiger charge is -2.20. The van der Waals surface area contributed by atoms with Gasteiger partial charge in [-0.2, -0.15) is 0 Å². The first kappa shape index (κ1) is 72.1. The fourth-order valence-corrected chi connectivity index (χ4v) is 10.3. The first-order valence-corrected chi connectivity index (χ1v) is 33.3. The maximum Gasteiger partial charge on any atom is 0.305 e. The average Bonchev–Trinajstić information content (AvgIpc) is 3.40. The molecule has 6 nitrogen and oxygen atoms in total. The molecule has 0 saturated heterocycles. The van der Waals surface area contributed by atoms with E-state index in [1.54, 1.807) is 6.08 Å². The molecule has 3 N–H and O–H groups in total. The van der Waals surface area contributed by atoms with Crippen molar-refractivity contribution in [2.45, 2.75) is 373 Å². The van der Waals surface area contributed by atoms with Gasteiger partial charge in [0.25, 0.3) is 0 Å². The Labute approximate surface area is 462 Å². The smallest absolute Gasteiger partial charge is 0.305 e. The van der Waals surface area contributed by atoms with E-state index in [1.807, 2.05) is 6.08 Å². The number of unbranched alkanes of at least 4 members (excludes halogenated alkanes) is 47. The number of aliphatic hydroxyl groups excluding tert-OH is 2. The third-order valence-corrected chi connectivity index (χ3v) is 15.4. The van der Waals surface area contributed by atoms with E-state index in [1.165, 1.54) is 263 Å². The summed E-state index contributed by atoms with van der Waals surface area (Å²) >= 11 is 0. The molecule has 1 amide bonds. The Morgan fingerprint density at radius 2 is 0.635 bits per heavy atom. The Kier molecular flexibility index (Phi) is 62.0. The number of rotatable bonds is 62. The number of amides is 1. The summed E-state index contributed by atoms with van der Waals surface area (Å²) in [4.78, 5) is 24.6. The van der Waals surface area contributed by atoms with Crippen LogP contribution in [0.2, 0.25) is 0 Å². The van der Waals surface area contributed by atoms with Crippen molar-refractivity contribution in [2.75, 3.05) is 13.2 Å². The highest BCUT2D eigenvalue weighted by molar-refractivity contribution is 5.76. The normalized spacial score (nSPS) is 12.8. The van der Waals surface area contributed by atoms with Crippen LogP contribution >= 0.6 is 0 Å². The number of carbonyl (C=O) groups is 2.